The van der Waals surface area contributed by atoms with Gasteiger partial charge >= 0.3 is 6.18 Å². The maximum Gasteiger partial charge on any atom is 0.416 e. The summed E-state index contributed by atoms with van der Waals surface area (Å²) in [6, 6.07) is 1.28. The van der Waals surface area contributed by atoms with Crippen molar-refractivity contribution < 1.29 is 18.3 Å². The lowest BCUT2D eigenvalue weighted by Crippen LogP contribution is -2.04. The molecule has 2 aromatic rings. The number of benzene rings is 1. The number of aryl methyl sites for hydroxylation is 1. The highest BCUT2D eigenvalue weighted by Gasteiger charge is 2.32. The first kappa shape index (κ1) is 11.1. The van der Waals surface area contributed by atoms with Gasteiger partial charge in [0.05, 0.1) is 21.6 Å². The van der Waals surface area contributed by atoms with Gasteiger partial charge in [-0.25, -0.2) is 0 Å². The minimum Gasteiger partial charge on any atom is -0.480 e. The summed E-state index contributed by atoms with van der Waals surface area (Å²) in [5.41, 5.74) is -0.602. The molecule has 0 fully saturated rings. The Hall–Kier alpha value is -1.43. The average Bonchev–Trinajstić information content (AvgIpc) is 2.41. The molecule has 0 aliphatic heterocycles. The second kappa shape index (κ2) is 3.28. The summed E-state index contributed by atoms with van der Waals surface area (Å²) in [5, 5.41) is 9.18. The lowest BCUT2D eigenvalue weighted by Gasteiger charge is -2.07. The van der Waals surface area contributed by atoms with Crippen LogP contribution in [0.25, 0.3) is 11.0 Å². The lowest BCUT2D eigenvalue weighted by molar-refractivity contribution is -0.137. The zero-order valence-electron chi connectivity index (χ0n) is 8.01. The first-order valence-corrected chi connectivity index (χ1v) is 4.60. The molecule has 1 N–H and O–H groups in total. The molecule has 0 aliphatic carbocycles. The van der Waals surface area contributed by atoms with Crippen LogP contribution < -0.4 is 0 Å². The first-order chi connectivity index (χ1) is 7.30. The van der Waals surface area contributed by atoms with Crippen LogP contribution in [0.4, 0.5) is 13.2 Å². The molecular formula is C9H6ClF3N2O. The number of aromatic hydroxyl groups is 1. The Morgan fingerprint density at radius 1 is 1.38 bits per heavy atom. The molecule has 1 heterocycles. The fourth-order valence-corrected chi connectivity index (χ4v) is 1.79. The number of hydrogen-bond donors (Lipinski definition) is 1. The SMILES string of the molecule is Cn1c(O)nc2cc(C(F)(F)F)cc(Cl)c21. The molecule has 0 amide bonds. The van der Waals surface area contributed by atoms with E-state index in [4.69, 9.17) is 11.6 Å². The van der Waals surface area contributed by atoms with Gasteiger partial charge in [0.2, 0.25) is 0 Å². The van der Waals surface area contributed by atoms with Crippen molar-refractivity contribution in [2.24, 2.45) is 7.05 Å². The summed E-state index contributed by atoms with van der Waals surface area (Å²) in [5.74, 6) is 0. The molecular weight excluding hydrogens is 245 g/mol. The maximum atomic E-state index is 12.4. The number of rotatable bonds is 0. The summed E-state index contributed by atoms with van der Waals surface area (Å²) in [6.07, 6.45) is -4.48. The number of imidazole rings is 1. The highest BCUT2D eigenvalue weighted by atomic mass is 35.5. The predicted octanol–water partition coefficient (Wildman–Crippen LogP) is 2.95. The van der Waals surface area contributed by atoms with Crippen LogP contribution in [-0.2, 0) is 13.2 Å². The molecule has 0 bridgehead atoms. The van der Waals surface area contributed by atoms with E-state index in [1.54, 1.807) is 0 Å². The molecule has 0 radical (unpaired) electrons. The van der Waals surface area contributed by atoms with Crippen LogP contribution in [0.2, 0.25) is 5.02 Å². The highest BCUT2D eigenvalue weighted by molar-refractivity contribution is 6.35. The van der Waals surface area contributed by atoms with E-state index in [0.29, 0.717) is 0 Å². The smallest absolute Gasteiger partial charge is 0.416 e. The number of halogens is 4. The Bertz CT molecular complexity index is 562. The van der Waals surface area contributed by atoms with Gasteiger partial charge in [0.15, 0.2) is 0 Å². The van der Waals surface area contributed by atoms with E-state index in [1.165, 1.54) is 11.6 Å². The average molecular weight is 251 g/mol. The molecule has 0 atom stereocenters. The van der Waals surface area contributed by atoms with Gasteiger partial charge in [-0.05, 0) is 12.1 Å². The highest BCUT2D eigenvalue weighted by Crippen LogP contribution is 2.35. The zero-order valence-corrected chi connectivity index (χ0v) is 8.76. The van der Waals surface area contributed by atoms with Gasteiger partial charge in [-0.15, -0.1) is 0 Å². The Kier molecular flexibility index (Phi) is 2.27. The van der Waals surface area contributed by atoms with Gasteiger partial charge in [-0.3, -0.25) is 4.57 Å². The third kappa shape index (κ3) is 1.59. The zero-order chi connectivity index (χ0) is 12.1. The second-order valence-corrected chi connectivity index (χ2v) is 3.70. The number of alkyl halides is 3. The van der Waals surface area contributed by atoms with Crippen LogP contribution in [0.3, 0.4) is 0 Å². The van der Waals surface area contributed by atoms with E-state index >= 15 is 0 Å². The minimum atomic E-state index is -4.48. The fourth-order valence-electron chi connectivity index (χ4n) is 1.45. The van der Waals surface area contributed by atoms with Crippen molar-refractivity contribution in [2.75, 3.05) is 0 Å². The predicted molar refractivity (Wildman–Crippen MR) is 52.4 cm³/mol. The number of aromatic nitrogens is 2. The molecule has 0 saturated carbocycles. The Morgan fingerprint density at radius 2 is 2.00 bits per heavy atom. The van der Waals surface area contributed by atoms with Crippen LogP contribution in [0.1, 0.15) is 5.56 Å². The Morgan fingerprint density at radius 3 is 2.56 bits per heavy atom. The van der Waals surface area contributed by atoms with Gasteiger partial charge < -0.3 is 5.11 Å². The van der Waals surface area contributed by atoms with Gasteiger partial charge in [0.1, 0.15) is 0 Å². The molecule has 7 heteroatoms. The molecule has 1 aromatic carbocycles. The Labute approximate surface area is 93.1 Å². The summed E-state index contributed by atoms with van der Waals surface area (Å²) in [7, 11) is 1.46. The summed E-state index contributed by atoms with van der Waals surface area (Å²) in [6.45, 7) is 0. The minimum absolute atomic E-state index is 0.0137. The van der Waals surface area contributed by atoms with Crippen molar-refractivity contribution in [3.05, 3.63) is 22.7 Å². The molecule has 1 aromatic heterocycles. The van der Waals surface area contributed by atoms with E-state index in [9.17, 15) is 18.3 Å². The van der Waals surface area contributed by atoms with E-state index < -0.39 is 11.7 Å². The quantitative estimate of drug-likeness (QED) is 0.781. The van der Waals surface area contributed by atoms with Crippen molar-refractivity contribution in [2.45, 2.75) is 6.18 Å². The van der Waals surface area contributed by atoms with Crippen LogP contribution in [0.5, 0.6) is 6.01 Å². The monoisotopic (exact) mass is 250 g/mol. The molecule has 86 valence electrons. The van der Waals surface area contributed by atoms with Gasteiger partial charge in [0.25, 0.3) is 6.01 Å². The van der Waals surface area contributed by atoms with Crippen LogP contribution in [-0.4, -0.2) is 14.7 Å². The third-order valence-corrected chi connectivity index (χ3v) is 2.51. The molecule has 0 unspecified atom stereocenters. The molecule has 3 nitrogen and oxygen atoms in total. The third-order valence-electron chi connectivity index (χ3n) is 2.23. The number of hydrogen-bond acceptors (Lipinski definition) is 2. The van der Waals surface area contributed by atoms with Crippen LogP contribution in [0.15, 0.2) is 12.1 Å². The van der Waals surface area contributed by atoms with Gasteiger partial charge in [-0.1, -0.05) is 11.6 Å². The van der Waals surface area contributed by atoms with E-state index in [-0.39, 0.29) is 22.1 Å². The first-order valence-electron chi connectivity index (χ1n) is 4.23. The molecule has 16 heavy (non-hydrogen) atoms. The second-order valence-electron chi connectivity index (χ2n) is 3.29. The van der Waals surface area contributed by atoms with E-state index in [0.717, 1.165) is 12.1 Å². The number of fused-ring (bicyclic) bond motifs is 1. The maximum absolute atomic E-state index is 12.4. The normalized spacial score (nSPS) is 12.3. The van der Waals surface area contributed by atoms with Gasteiger partial charge in [-0.2, -0.15) is 18.2 Å². The van der Waals surface area contributed by atoms with Crippen molar-refractivity contribution in [1.82, 2.24) is 9.55 Å². The van der Waals surface area contributed by atoms with Gasteiger partial charge in [0, 0.05) is 7.05 Å². The van der Waals surface area contributed by atoms with Crippen molar-refractivity contribution in [3.8, 4) is 6.01 Å². The molecule has 0 saturated heterocycles. The van der Waals surface area contributed by atoms with Crippen molar-refractivity contribution >= 4 is 22.6 Å². The largest absolute Gasteiger partial charge is 0.480 e. The van der Waals surface area contributed by atoms with Crippen molar-refractivity contribution in [1.29, 1.82) is 0 Å². The summed E-state index contributed by atoms with van der Waals surface area (Å²) in [4.78, 5) is 3.58. The van der Waals surface area contributed by atoms with Crippen LogP contribution >= 0.6 is 11.6 Å². The summed E-state index contributed by atoms with van der Waals surface area (Å²) >= 11 is 5.71. The lowest BCUT2D eigenvalue weighted by atomic mass is 10.2. The standard InChI is InChI=1S/C9H6ClF3N2O/c1-15-7-5(10)2-4(9(11,12)13)3-6(7)14-8(15)16/h2-3H,1H3,(H,14,16). The fraction of sp³-hybridized carbons (Fsp3) is 0.222. The Balaban J connectivity index is 2.79. The molecule has 2 rings (SSSR count). The summed E-state index contributed by atoms with van der Waals surface area (Å²) < 4.78 is 38.6. The topological polar surface area (TPSA) is 38.0 Å². The molecule has 0 spiro atoms. The van der Waals surface area contributed by atoms with E-state index in [2.05, 4.69) is 4.98 Å². The van der Waals surface area contributed by atoms with Crippen LogP contribution in [0, 0.1) is 0 Å². The van der Waals surface area contributed by atoms with Crippen molar-refractivity contribution in [3.63, 3.8) is 0 Å². The molecule has 0 aliphatic rings. The number of nitrogens with zero attached hydrogens (tertiary/aromatic N) is 2. The van der Waals surface area contributed by atoms with E-state index in [1.807, 2.05) is 0 Å².